The van der Waals surface area contributed by atoms with Crippen LogP contribution in [0.3, 0.4) is 0 Å². The summed E-state index contributed by atoms with van der Waals surface area (Å²) < 4.78 is 1.29. The van der Waals surface area contributed by atoms with Gasteiger partial charge in [-0.2, -0.15) is 9.78 Å². The maximum absolute atomic E-state index is 13.6. The van der Waals surface area contributed by atoms with Gasteiger partial charge in [-0.15, -0.1) is 0 Å². The van der Waals surface area contributed by atoms with Crippen LogP contribution in [0.2, 0.25) is 5.02 Å². The first-order valence-electron chi connectivity index (χ1n) is 10.9. The SMILES string of the molecule is Cc1ccc(N2CCN(C(=O)c3nn(-c4ccc(Cl)cc4)c(=O)c4ccccc34)CC2)cc1. The fourth-order valence-electron chi connectivity index (χ4n) is 4.18. The Balaban J connectivity index is 1.47. The molecule has 1 saturated heterocycles. The number of fused-ring (bicyclic) bond motifs is 1. The molecule has 0 aliphatic carbocycles. The zero-order valence-electron chi connectivity index (χ0n) is 18.2. The maximum Gasteiger partial charge on any atom is 0.279 e. The Kier molecular flexibility index (Phi) is 5.60. The van der Waals surface area contributed by atoms with Crippen LogP contribution >= 0.6 is 11.6 Å². The summed E-state index contributed by atoms with van der Waals surface area (Å²) in [6, 6.07) is 22.4. The van der Waals surface area contributed by atoms with Gasteiger partial charge in [-0.25, -0.2) is 0 Å². The number of carbonyl (C=O) groups excluding carboxylic acids is 1. The number of piperazine rings is 1. The summed E-state index contributed by atoms with van der Waals surface area (Å²) in [6.45, 7) is 4.72. The zero-order chi connectivity index (χ0) is 22.9. The summed E-state index contributed by atoms with van der Waals surface area (Å²) in [5.74, 6) is -0.169. The minimum absolute atomic E-state index is 0.169. The van der Waals surface area contributed by atoms with Gasteiger partial charge in [0.1, 0.15) is 0 Å². The Morgan fingerprint density at radius 3 is 2.09 bits per heavy atom. The second-order valence-electron chi connectivity index (χ2n) is 8.20. The van der Waals surface area contributed by atoms with Crippen LogP contribution in [0.4, 0.5) is 5.69 Å². The molecule has 2 heterocycles. The summed E-state index contributed by atoms with van der Waals surface area (Å²) in [6.07, 6.45) is 0. The van der Waals surface area contributed by atoms with E-state index >= 15 is 0 Å². The predicted octanol–water partition coefficient (Wildman–Crippen LogP) is 4.31. The quantitative estimate of drug-likeness (QED) is 0.459. The van der Waals surface area contributed by atoms with E-state index in [2.05, 4.69) is 41.2 Å². The highest BCUT2D eigenvalue weighted by Crippen LogP contribution is 2.21. The summed E-state index contributed by atoms with van der Waals surface area (Å²) in [5.41, 5.74) is 2.96. The van der Waals surface area contributed by atoms with E-state index in [0.29, 0.717) is 34.6 Å². The summed E-state index contributed by atoms with van der Waals surface area (Å²) in [4.78, 5) is 30.8. The van der Waals surface area contributed by atoms with Crippen molar-refractivity contribution in [1.82, 2.24) is 14.7 Å². The summed E-state index contributed by atoms with van der Waals surface area (Å²) >= 11 is 6.01. The Hall–Kier alpha value is -3.64. The van der Waals surface area contributed by atoms with Crippen molar-refractivity contribution in [3.63, 3.8) is 0 Å². The van der Waals surface area contributed by atoms with Crippen molar-refractivity contribution in [2.24, 2.45) is 0 Å². The van der Waals surface area contributed by atoms with Crippen molar-refractivity contribution in [3.8, 4) is 5.69 Å². The molecule has 5 rings (SSSR count). The number of halogens is 1. The van der Waals surface area contributed by atoms with Gasteiger partial charge in [-0.3, -0.25) is 9.59 Å². The lowest BCUT2D eigenvalue weighted by Crippen LogP contribution is -2.49. The zero-order valence-corrected chi connectivity index (χ0v) is 19.0. The van der Waals surface area contributed by atoms with Gasteiger partial charge >= 0.3 is 0 Å². The van der Waals surface area contributed by atoms with Crippen LogP contribution in [0.15, 0.2) is 77.6 Å². The van der Waals surface area contributed by atoms with E-state index in [0.717, 1.165) is 18.8 Å². The van der Waals surface area contributed by atoms with Crippen LogP contribution in [-0.4, -0.2) is 46.8 Å². The summed E-state index contributed by atoms with van der Waals surface area (Å²) in [7, 11) is 0. The van der Waals surface area contributed by atoms with Gasteiger partial charge in [0.15, 0.2) is 5.69 Å². The van der Waals surface area contributed by atoms with Gasteiger partial charge in [0, 0.05) is 42.3 Å². The Morgan fingerprint density at radius 1 is 0.818 bits per heavy atom. The normalized spacial score (nSPS) is 14.0. The van der Waals surface area contributed by atoms with Crippen molar-refractivity contribution >= 4 is 34.0 Å². The number of amides is 1. The Bertz CT molecular complexity index is 1370. The van der Waals surface area contributed by atoms with Crippen molar-refractivity contribution in [2.75, 3.05) is 31.1 Å². The van der Waals surface area contributed by atoms with E-state index in [9.17, 15) is 9.59 Å². The van der Waals surface area contributed by atoms with E-state index in [1.54, 1.807) is 42.5 Å². The van der Waals surface area contributed by atoms with Crippen molar-refractivity contribution in [1.29, 1.82) is 0 Å². The van der Waals surface area contributed by atoms with E-state index in [1.807, 2.05) is 11.0 Å². The number of carbonyl (C=O) groups is 1. The molecule has 33 heavy (non-hydrogen) atoms. The Morgan fingerprint density at radius 2 is 1.42 bits per heavy atom. The largest absolute Gasteiger partial charge is 0.368 e. The van der Waals surface area contributed by atoms with E-state index in [-0.39, 0.29) is 17.2 Å². The minimum Gasteiger partial charge on any atom is -0.368 e. The lowest BCUT2D eigenvalue weighted by Gasteiger charge is -2.36. The molecule has 6 nitrogen and oxygen atoms in total. The van der Waals surface area contributed by atoms with Gasteiger partial charge in [0.2, 0.25) is 0 Å². The topological polar surface area (TPSA) is 58.4 Å². The van der Waals surface area contributed by atoms with Gasteiger partial charge in [-0.1, -0.05) is 47.5 Å². The minimum atomic E-state index is -0.270. The molecule has 1 fully saturated rings. The highest BCUT2D eigenvalue weighted by Gasteiger charge is 2.26. The second kappa shape index (κ2) is 8.71. The average Bonchev–Trinajstić information content (AvgIpc) is 2.85. The van der Waals surface area contributed by atoms with Gasteiger partial charge in [-0.05, 0) is 49.4 Å². The third-order valence-electron chi connectivity index (χ3n) is 6.04. The number of benzene rings is 3. The second-order valence-corrected chi connectivity index (χ2v) is 8.64. The van der Waals surface area contributed by atoms with Crippen molar-refractivity contribution in [2.45, 2.75) is 6.92 Å². The molecule has 0 unspecified atom stereocenters. The van der Waals surface area contributed by atoms with Gasteiger partial charge in [0.25, 0.3) is 11.5 Å². The molecule has 166 valence electrons. The molecule has 1 aromatic heterocycles. The maximum atomic E-state index is 13.6. The average molecular weight is 459 g/mol. The van der Waals surface area contributed by atoms with Crippen molar-refractivity contribution < 1.29 is 4.79 Å². The van der Waals surface area contributed by atoms with Crippen LogP contribution in [0.5, 0.6) is 0 Å². The molecule has 0 atom stereocenters. The molecule has 1 amide bonds. The highest BCUT2D eigenvalue weighted by molar-refractivity contribution is 6.30. The number of aryl methyl sites for hydroxylation is 1. The Labute approximate surface area is 196 Å². The smallest absolute Gasteiger partial charge is 0.279 e. The molecule has 7 heteroatoms. The monoisotopic (exact) mass is 458 g/mol. The standard InChI is InChI=1S/C26H23ClN4O2/c1-18-6-10-20(11-7-18)29-14-16-30(17-15-29)26(33)24-22-4-2-3-5-23(22)25(32)31(28-24)21-12-8-19(27)9-13-21/h2-13H,14-17H2,1H3. The number of hydrogen-bond acceptors (Lipinski definition) is 4. The number of nitrogens with zero attached hydrogens (tertiary/aromatic N) is 4. The molecule has 0 bridgehead atoms. The first kappa shape index (κ1) is 21.2. The van der Waals surface area contributed by atoms with E-state index < -0.39 is 0 Å². The molecule has 1 aliphatic heterocycles. The predicted molar refractivity (Wildman–Crippen MR) is 132 cm³/mol. The summed E-state index contributed by atoms with van der Waals surface area (Å²) in [5, 5.41) is 6.11. The molecular formula is C26H23ClN4O2. The molecule has 0 N–H and O–H groups in total. The fraction of sp³-hybridized carbons (Fsp3) is 0.192. The van der Waals surface area contributed by atoms with Crippen LogP contribution in [0, 0.1) is 6.92 Å². The van der Waals surface area contributed by atoms with E-state index in [1.165, 1.54) is 10.2 Å². The number of anilines is 1. The van der Waals surface area contributed by atoms with Crippen LogP contribution in [-0.2, 0) is 0 Å². The first-order chi connectivity index (χ1) is 16.0. The van der Waals surface area contributed by atoms with Crippen LogP contribution in [0.1, 0.15) is 16.1 Å². The number of hydrogen-bond donors (Lipinski definition) is 0. The first-order valence-corrected chi connectivity index (χ1v) is 11.3. The van der Waals surface area contributed by atoms with Gasteiger partial charge in [0.05, 0.1) is 11.1 Å². The van der Waals surface area contributed by atoms with Crippen LogP contribution in [0.25, 0.3) is 16.5 Å². The molecular weight excluding hydrogens is 436 g/mol. The lowest BCUT2D eigenvalue weighted by molar-refractivity contribution is 0.0741. The van der Waals surface area contributed by atoms with Crippen molar-refractivity contribution in [3.05, 3.63) is 99.4 Å². The molecule has 0 radical (unpaired) electrons. The molecule has 0 saturated carbocycles. The van der Waals surface area contributed by atoms with E-state index in [4.69, 9.17) is 11.6 Å². The number of rotatable bonds is 3. The molecule has 1 aliphatic rings. The molecule has 4 aromatic rings. The highest BCUT2D eigenvalue weighted by atomic mass is 35.5. The number of aromatic nitrogens is 2. The fourth-order valence-corrected chi connectivity index (χ4v) is 4.30. The molecule has 0 spiro atoms. The van der Waals surface area contributed by atoms with Crippen LogP contribution < -0.4 is 10.5 Å². The third-order valence-corrected chi connectivity index (χ3v) is 6.30. The lowest BCUT2D eigenvalue weighted by atomic mass is 10.1. The van der Waals surface area contributed by atoms with Gasteiger partial charge < -0.3 is 9.80 Å². The third kappa shape index (κ3) is 4.10. The molecule has 3 aromatic carbocycles.